The van der Waals surface area contributed by atoms with Crippen LogP contribution in [-0.2, 0) is 14.3 Å². The van der Waals surface area contributed by atoms with E-state index in [4.69, 9.17) is 5.73 Å². The topological polar surface area (TPSA) is 102 Å². The first-order valence-electron chi connectivity index (χ1n) is 5.15. The summed E-state index contributed by atoms with van der Waals surface area (Å²) in [6.07, 6.45) is -0.753. The van der Waals surface area contributed by atoms with Crippen LogP contribution in [0.3, 0.4) is 0 Å². The molecular formula is C10H20N2O4. The first-order valence-corrected chi connectivity index (χ1v) is 5.15. The molecule has 0 aromatic rings. The number of methoxy groups -OCH3 is 1. The standard InChI is InChI=1S/C10H20N2O4/c1-4-10(2,6-11)9(15)12-5-7(13)8(14)16-3/h7,13H,4-6,11H2,1-3H3,(H,12,15). The van der Waals surface area contributed by atoms with Crippen LogP contribution in [0.25, 0.3) is 0 Å². The van der Waals surface area contributed by atoms with E-state index in [1.807, 2.05) is 6.92 Å². The van der Waals surface area contributed by atoms with E-state index in [1.165, 1.54) is 7.11 Å². The van der Waals surface area contributed by atoms with E-state index >= 15 is 0 Å². The summed E-state index contributed by atoms with van der Waals surface area (Å²) in [6.45, 7) is 3.63. The van der Waals surface area contributed by atoms with Crippen molar-refractivity contribution in [3.8, 4) is 0 Å². The number of amides is 1. The van der Waals surface area contributed by atoms with Crippen LogP contribution in [0.4, 0.5) is 0 Å². The zero-order valence-electron chi connectivity index (χ0n) is 9.95. The Bertz CT molecular complexity index is 251. The quantitative estimate of drug-likeness (QED) is 0.510. The number of hydrogen-bond donors (Lipinski definition) is 3. The van der Waals surface area contributed by atoms with Crippen molar-refractivity contribution < 1.29 is 19.4 Å². The number of carbonyl (C=O) groups excluding carboxylic acids is 2. The minimum Gasteiger partial charge on any atom is -0.467 e. The molecule has 0 aliphatic rings. The normalized spacial score (nSPS) is 16.1. The van der Waals surface area contributed by atoms with Crippen LogP contribution in [0.1, 0.15) is 20.3 Å². The van der Waals surface area contributed by atoms with Gasteiger partial charge in [0, 0.05) is 6.54 Å². The molecule has 94 valence electrons. The van der Waals surface area contributed by atoms with E-state index < -0.39 is 17.5 Å². The molecule has 0 radical (unpaired) electrons. The number of hydrogen-bond acceptors (Lipinski definition) is 5. The highest BCUT2D eigenvalue weighted by molar-refractivity contribution is 5.83. The lowest BCUT2D eigenvalue weighted by Gasteiger charge is -2.25. The van der Waals surface area contributed by atoms with Gasteiger partial charge in [0.15, 0.2) is 6.10 Å². The Morgan fingerprint density at radius 2 is 2.12 bits per heavy atom. The minimum atomic E-state index is -1.34. The molecule has 0 fully saturated rings. The molecule has 6 nitrogen and oxygen atoms in total. The number of nitrogens with one attached hydrogen (secondary N) is 1. The Kier molecular flexibility index (Phi) is 5.98. The summed E-state index contributed by atoms with van der Waals surface area (Å²) in [4.78, 5) is 22.6. The molecule has 0 bridgehead atoms. The van der Waals surface area contributed by atoms with Crippen molar-refractivity contribution in [3.05, 3.63) is 0 Å². The van der Waals surface area contributed by atoms with Crippen LogP contribution in [0.15, 0.2) is 0 Å². The first kappa shape index (κ1) is 14.9. The zero-order chi connectivity index (χ0) is 12.8. The van der Waals surface area contributed by atoms with Gasteiger partial charge in [0.05, 0.1) is 19.1 Å². The summed E-state index contributed by atoms with van der Waals surface area (Å²) in [5.41, 5.74) is 4.83. The molecule has 0 aliphatic heterocycles. The van der Waals surface area contributed by atoms with Crippen molar-refractivity contribution >= 4 is 11.9 Å². The number of esters is 1. The first-order chi connectivity index (χ1) is 7.41. The van der Waals surface area contributed by atoms with Crippen molar-refractivity contribution in [2.75, 3.05) is 20.2 Å². The van der Waals surface area contributed by atoms with E-state index in [0.29, 0.717) is 6.42 Å². The Morgan fingerprint density at radius 1 is 1.56 bits per heavy atom. The van der Waals surface area contributed by atoms with Crippen molar-refractivity contribution in [1.29, 1.82) is 0 Å². The van der Waals surface area contributed by atoms with E-state index in [-0.39, 0.29) is 19.0 Å². The molecule has 0 spiro atoms. The molecule has 16 heavy (non-hydrogen) atoms. The summed E-state index contributed by atoms with van der Waals surface area (Å²) in [6, 6.07) is 0. The van der Waals surface area contributed by atoms with Gasteiger partial charge in [-0.1, -0.05) is 6.92 Å². The Hall–Kier alpha value is -1.14. The van der Waals surface area contributed by atoms with Crippen molar-refractivity contribution in [1.82, 2.24) is 5.32 Å². The number of aliphatic hydroxyl groups excluding tert-OH is 1. The molecule has 0 aromatic heterocycles. The summed E-state index contributed by atoms with van der Waals surface area (Å²) in [5.74, 6) is -1.05. The molecule has 0 aromatic carbocycles. The molecule has 1 amide bonds. The maximum atomic E-state index is 11.7. The van der Waals surface area contributed by atoms with Crippen LogP contribution in [0, 0.1) is 5.41 Å². The molecule has 0 aliphatic carbocycles. The number of rotatable bonds is 6. The molecule has 0 heterocycles. The van der Waals surface area contributed by atoms with Gasteiger partial charge >= 0.3 is 5.97 Å². The van der Waals surface area contributed by atoms with E-state index in [0.717, 1.165) is 0 Å². The minimum absolute atomic E-state index is 0.166. The van der Waals surface area contributed by atoms with E-state index in [9.17, 15) is 14.7 Å². The zero-order valence-corrected chi connectivity index (χ0v) is 9.95. The highest BCUT2D eigenvalue weighted by atomic mass is 16.5. The fourth-order valence-electron chi connectivity index (χ4n) is 1.02. The lowest BCUT2D eigenvalue weighted by atomic mass is 9.86. The fourth-order valence-corrected chi connectivity index (χ4v) is 1.02. The third kappa shape index (κ3) is 3.79. The van der Waals surface area contributed by atoms with Gasteiger partial charge in [0.1, 0.15) is 0 Å². The molecule has 0 saturated carbocycles. The summed E-state index contributed by atoms with van der Waals surface area (Å²) < 4.78 is 4.32. The largest absolute Gasteiger partial charge is 0.467 e. The Balaban J connectivity index is 4.21. The highest BCUT2D eigenvalue weighted by Gasteiger charge is 2.30. The number of ether oxygens (including phenoxy) is 1. The smallest absolute Gasteiger partial charge is 0.336 e. The number of aliphatic hydroxyl groups is 1. The van der Waals surface area contributed by atoms with Crippen molar-refractivity contribution in [2.45, 2.75) is 26.4 Å². The van der Waals surface area contributed by atoms with Gasteiger partial charge in [0.2, 0.25) is 5.91 Å². The van der Waals surface area contributed by atoms with Crippen LogP contribution >= 0.6 is 0 Å². The predicted octanol–water partition coefficient (Wildman–Crippen LogP) is -0.988. The molecule has 6 heteroatoms. The Labute approximate surface area is 95.1 Å². The number of nitrogens with two attached hydrogens (primary N) is 1. The Morgan fingerprint density at radius 3 is 2.50 bits per heavy atom. The van der Waals surface area contributed by atoms with E-state index in [1.54, 1.807) is 6.92 Å². The van der Waals surface area contributed by atoms with Gasteiger partial charge in [-0.05, 0) is 13.3 Å². The van der Waals surface area contributed by atoms with Crippen LogP contribution < -0.4 is 11.1 Å². The fraction of sp³-hybridized carbons (Fsp3) is 0.800. The maximum absolute atomic E-state index is 11.7. The summed E-state index contributed by atoms with van der Waals surface area (Å²) in [5, 5.41) is 11.7. The number of carbonyl (C=O) groups is 2. The maximum Gasteiger partial charge on any atom is 0.336 e. The second kappa shape index (κ2) is 6.44. The molecule has 4 N–H and O–H groups in total. The van der Waals surface area contributed by atoms with E-state index in [2.05, 4.69) is 10.1 Å². The second-order valence-electron chi connectivity index (χ2n) is 3.87. The van der Waals surface area contributed by atoms with Gasteiger partial charge in [-0.3, -0.25) is 4.79 Å². The monoisotopic (exact) mass is 232 g/mol. The molecule has 2 unspecified atom stereocenters. The highest BCUT2D eigenvalue weighted by Crippen LogP contribution is 2.18. The summed E-state index contributed by atoms with van der Waals surface area (Å²) in [7, 11) is 1.17. The van der Waals surface area contributed by atoms with Crippen LogP contribution in [0.5, 0.6) is 0 Å². The molecule has 0 rings (SSSR count). The van der Waals surface area contributed by atoms with Gasteiger partial charge in [-0.2, -0.15) is 0 Å². The average Bonchev–Trinajstić information content (AvgIpc) is 2.33. The third-order valence-electron chi connectivity index (χ3n) is 2.71. The van der Waals surface area contributed by atoms with Gasteiger partial charge in [0.25, 0.3) is 0 Å². The lowest BCUT2D eigenvalue weighted by molar-refractivity contribution is -0.150. The average molecular weight is 232 g/mol. The third-order valence-corrected chi connectivity index (χ3v) is 2.71. The van der Waals surface area contributed by atoms with Gasteiger partial charge in [-0.15, -0.1) is 0 Å². The molecule has 0 saturated heterocycles. The van der Waals surface area contributed by atoms with Crippen molar-refractivity contribution in [3.63, 3.8) is 0 Å². The molecule has 2 atom stereocenters. The van der Waals surface area contributed by atoms with Crippen molar-refractivity contribution in [2.24, 2.45) is 11.1 Å². The predicted molar refractivity (Wildman–Crippen MR) is 58.5 cm³/mol. The SMILES string of the molecule is CCC(C)(CN)C(=O)NCC(O)C(=O)OC. The molecular weight excluding hydrogens is 212 g/mol. The van der Waals surface area contributed by atoms with Gasteiger partial charge in [-0.25, -0.2) is 4.79 Å². The van der Waals surface area contributed by atoms with Gasteiger partial charge < -0.3 is 20.9 Å². The summed E-state index contributed by atoms with van der Waals surface area (Å²) >= 11 is 0. The van der Waals surface area contributed by atoms with Crippen LogP contribution in [-0.4, -0.2) is 43.3 Å². The van der Waals surface area contributed by atoms with Crippen LogP contribution in [0.2, 0.25) is 0 Å². The second-order valence-corrected chi connectivity index (χ2v) is 3.87. The lowest BCUT2D eigenvalue weighted by Crippen LogP contribution is -2.47.